The number of fused-ring (bicyclic) bond motifs is 1. The molecule has 0 aromatic heterocycles. The number of nitrogens with one attached hydrogen (secondary N) is 1. The highest BCUT2D eigenvalue weighted by atomic mass is 16.6. The Morgan fingerprint density at radius 1 is 0.886 bits per heavy atom. The number of likely N-dealkylation sites (N-methyl/N-ethyl adjacent to an activating group) is 1. The van der Waals surface area contributed by atoms with E-state index in [0.717, 1.165) is 30.8 Å². The second-order valence-electron chi connectivity index (χ2n) is 12.5. The van der Waals surface area contributed by atoms with Crippen LogP contribution in [0, 0.1) is 0 Å². The van der Waals surface area contributed by atoms with Crippen LogP contribution in [-0.2, 0) is 4.74 Å². The van der Waals surface area contributed by atoms with Crippen LogP contribution in [0.4, 0.5) is 4.79 Å². The molecule has 3 amide bonds. The number of hydrogen-bond donors (Lipinski definition) is 2. The van der Waals surface area contributed by atoms with Crippen LogP contribution < -0.4 is 5.32 Å². The fourth-order valence-electron chi connectivity index (χ4n) is 6.28. The van der Waals surface area contributed by atoms with Crippen LogP contribution in [0.3, 0.4) is 0 Å². The Labute approximate surface area is 259 Å². The smallest absolute Gasteiger partial charge is 0.408 e. The van der Waals surface area contributed by atoms with Crippen molar-refractivity contribution in [2.45, 2.75) is 37.5 Å². The van der Waals surface area contributed by atoms with Gasteiger partial charge in [0.25, 0.3) is 11.8 Å². The van der Waals surface area contributed by atoms with Gasteiger partial charge >= 0.3 is 6.09 Å². The van der Waals surface area contributed by atoms with Gasteiger partial charge in [-0.15, -0.1) is 0 Å². The summed E-state index contributed by atoms with van der Waals surface area (Å²) in [5, 5.41) is 14.0. The molecule has 232 valence electrons. The molecule has 2 N–H and O–H groups in total. The Kier molecular flexibility index (Phi) is 10.1. The minimum atomic E-state index is -0.525. The first-order valence-electron chi connectivity index (χ1n) is 15.4. The summed E-state index contributed by atoms with van der Waals surface area (Å²) in [6.07, 6.45) is 0.944. The van der Waals surface area contributed by atoms with Crippen molar-refractivity contribution in [3.05, 3.63) is 107 Å². The van der Waals surface area contributed by atoms with Gasteiger partial charge in [-0.3, -0.25) is 14.5 Å². The maximum Gasteiger partial charge on any atom is 0.408 e. The number of alkyl carbamates (subject to hydrolysis) is 1. The fourth-order valence-corrected chi connectivity index (χ4v) is 6.28. The van der Waals surface area contributed by atoms with Gasteiger partial charge < -0.3 is 24.5 Å². The number of β-amino-alcohol motifs (C(OH)–C–C–N with tert-alkyl or cyclic N) is 1. The maximum atomic E-state index is 12.9. The lowest BCUT2D eigenvalue weighted by molar-refractivity contribution is -0.893. The van der Waals surface area contributed by atoms with Gasteiger partial charge in [0.1, 0.15) is 18.8 Å². The van der Waals surface area contributed by atoms with Crippen molar-refractivity contribution in [3.8, 4) is 0 Å². The monoisotopic (exact) mass is 599 g/mol. The molecule has 9 nitrogen and oxygen atoms in total. The molecule has 2 aliphatic heterocycles. The molecular weight excluding hydrogens is 556 g/mol. The molecule has 0 radical (unpaired) electrons. The number of hydrogen-bond acceptors (Lipinski definition) is 6. The van der Waals surface area contributed by atoms with E-state index in [1.165, 1.54) is 4.90 Å². The molecule has 2 heterocycles. The third kappa shape index (κ3) is 7.91. The van der Waals surface area contributed by atoms with Crippen LogP contribution in [-0.4, -0.2) is 103 Å². The van der Waals surface area contributed by atoms with E-state index in [9.17, 15) is 19.5 Å². The Bertz CT molecular complexity index is 1350. The minimum absolute atomic E-state index is 0.176. The topological polar surface area (TPSA) is 99.2 Å². The number of carbonyl (C=O) groups is 3. The van der Waals surface area contributed by atoms with Crippen molar-refractivity contribution in [1.82, 2.24) is 15.1 Å². The molecule has 1 unspecified atom stereocenters. The first-order chi connectivity index (χ1) is 21.2. The van der Waals surface area contributed by atoms with Gasteiger partial charge in [0.2, 0.25) is 0 Å². The molecule has 0 aliphatic carbocycles. The number of carbonyl (C=O) groups excluding carboxylic acids is 3. The number of piperidine rings is 1. The van der Waals surface area contributed by atoms with E-state index in [0.29, 0.717) is 54.5 Å². The highest BCUT2D eigenvalue weighted by molar-refractivity contribution is 6.21. The normalized spacial score (nSPS) is 16.7. The second kappa shape index (κ2) is 14.2. The van der Waals surface area contributed by atoms with E-state index in [4.69, 9.17) is 4.74 Å². The molecular formula is C35H43N4O5+. The van der Waals surface area contributed by atoms with Crippen LogP contribution in [0.25, 0.3) is 0 Å². The second-order valence-corrected chi connectivity index (χ2v) is 12.5. The van der Waals surface area contributed by atoms with Crippen molar-refractivity contribution >= 4 is 17.9 Å². The highest BCUT2D eigenvalue weighted by Crippen LogP contribution is 2.24. The van der Waals surface area contributed by atoms with Gasteiger partial charge in [-0.1, -0.05) is 72.8 Å². The lowest BCUT2D eigenvalue weighted by Crippen LogP contribution is -2.51. The Hall–Kier alpha value is -4.05. The zero-order valence-electron chi connectivity index (χ0n) is 25.6. The van der Waals surface area contributed by atoms with E-state index >= 15 is 0 Å². The summed E-state index contributed by atoms with van der Waals surface area (Å²) >= 11 is 0. The number of aliphatic hydroxyl groups is 1. The number of quaternary nitrogens is 1. The summed E-state index contributed by atoms with van der Waals surface area (Å²) in [4.78, 5) is 41.7. The number of benzene rings is 3. The van der Waals surface area contributed by atoms with Gasteiger partial charge in [-0.05, 0) is 36.1 Å². The van der Waals surface area contributed by atoms with Crippen molar-refractivity contribution < 1.29 is 28.7 Å². The summed E-state index contributed by atoms with van der Waals surface area (Å²) in [6.45, 7) is 3.67. The molecule has 9 heteroatoms. The summed E-state index contributed by atoms with van der Waals surface area (Å²) in [5.41, 5.74) is 2.92. The quantitative estimate of drug-likeness (QED) is 0.240. The van der Waals surface area contributed by atoms with E-state index in [1.807, 2.05) is 60.7 Å². The molecule has 3 aromatic rings. The van der Waals surface area contributed by atoms with E-state index in [2.05, 4.69) is 24.3 Å². The third-order valence-electron chi connectivity index (χ3n) is 8.53. The molecule has 1 atom stereocenters. The minimum Gasteiger partial charge on any atom is -0.446 e. The zero-order valence-corrected chi connectivity index (χ0v) is 25.6. The molecule has 2 aliphatic rings. The summed E-state index contributed by atoms with van der Waals surface area (Å²) in [6, 6.07) is 26.4. The molecule has 1 fully saturated rings. The molecule has 0 bridgehead atoms. The maximum absolute atomic E-state index is 12.9. The lowest BCUT2D eigenvalue weighted by Gasteiger charge is -2.36. The SMILES string of the molecule is C[N+](C)(CCCN1C(=O)c2ccccc2C1=O)CC(O)CN1CCC(OC(=O)NC(c2ccccc2)c2ccccc2)CC1. The number of likely N-dealkylation sites (tertiary alicyclic amines) is 1. The van der Waals surface area contributed by atoms with Crippen molar-refractivity contribution in [1.29, 1.82) is 0 Å². The number of imide groups is 1. The molecule has 0 saturated carbocycles. The van der Waals surface area contributed by atoms with Crippen LogP contribution in [0.5, 0.6) is 0 Å². The predicted molar refractivity (Wildman–Crippen MR) is 168 cm³/mol. The van der Waals surface area contributed by atoms with E-state index in [-0.39, 0.29) is 24.0 Å². The van der Waals surface area contributed by atoms with Crippen LogP contribution in [0.2, 0.25) is 0 Å². The molecule has 5 rings (SSSR count). The highest BCUT2D eigenvalue weighted by Gasteiger charge is 2.35. The standard InChI is InChI=1S/C35H42N4O5/c1-39(2,23-11-20-38-33(41)30-16-9-10-17-31(30)34(38)42)25-28(40)24-37-21-18-29(19-22-37)44-35(43)36-32(26-12-5-3-6-13-26)27-14-7-4-8-15-27/h3-10,12-17,28-29,32,40H,11,18-25H2,1-2H3/p+1. The predicted octanol–water partition coefficient (Wildman–Crippen LogP) is 4.09. The molecule has 44 heavy (non-hydrogen) atoms. The van der Waals surface area contributed by atoms with Gasteiger partial charge in [0.15, 0.2) is 0 Å². The van der Waals surface area contributed by atoms with Gasteiger partial charge in [0, 0.05) is 32.6 Å². The van der Waals surface area contributed by atoms with Crippen LogP contribution >= 0.6 is 0 Å². The van der Waals surface area contributed by atoms with Gasteiger partial charge in [-0.2, -0.15) is 0 Å². The Morgan fingerprint density at radius 2 is 1.41 bits per heavy atom. The third-order valence-corrected chi connectivity index (χ3v) is 8.53. The van der Waals surface area contributed by atoms with E-state index < -0.39 is 12.2 Å². The number of rotatable bonds is 12. The van der Waals surface area contributed by atoms with Crippen LogP contribution in [0.15, 0.2) is 84.9 Å². The van der Waals surface area contributed by atoms with Crippen molar-refractivity contribution in [2.75, 3.05) is 53.4 Å². The number of aliphatic hydroxyl groups excluding tert-OH is 1. The first kappa shape index (κ1) is 31.4. The molecule has 1 saturated heterocycles. The van der Waals surface area contributed by atoms with Gasteiger partial charge in [0.05, 0.1) is 37.8 Å². The molecule has 0 spiro atoms. The average Bonchev–Trinajstić information content (AvgIpc) is 3.26. The lowest BCUT2D eigenvalue weighted by atomic mass is 9.99. The van der Waals surface area contributed by atoms with Gasteiger partial charge in [-0.25, -0.2) is 4.79 Å². The van der Waals surface area contributed by atoms with Crippen LogP contribution in [0.1, 0.15) is 57.1 Å². The van der Waals surface area contributed by atoms with Crippen molar-refractivity contribution in [2.24, 2.45) is 0 Å². The van der Waals surface area contributed by atoms with E-state index in [1.54, 1.807) is 24.3 Å². The number of nitrogens with zero attached hydrogens (tertiary/aromatic N) is 3. The molecule has 3 aromatic carbocycles. The zero-order chi connectivity index (χ0) is 31.1. The summed E-state index contributed by atoms with van der Waals surface area (Å²) in [7, 11) is 4.12. The fraction of sp³-hybridized carbons (Fsp3) is 0.400. The Balaban J connectivity index is 1.03. The number of amides is 3. The summed E-state index contributed by atoms with van der Waals surface area (Å²) < 4.78 is 6.40. The summed E-state index contributed by atoms with van der Waals surface area (Å²) in [5.74, 6) is -0.457. The van der Waals surface area contributed by atoms with Crippen molar-refractivity contribution in [3.63, 3.8) is 0 Å². The number of ether oxygens (including phenoxy) is 1. The largest absolute Gasteiger partial charge is 0.446 e. The Morgan fingerprint density at radius 3 is 1.95 bits per heavy atom. The average molecular weight is 600 g/mol. The first-order valence-corrected chi connectivity index (χ1v) is 15.4.